The number of amides is 1. The van der Waals surface area contributed by atoms with Crippen LogP contribution in [0.15, 0.2) is 0 Å². The van der Waals surface area contributed by atoms with Gasteiger partial charge in [0.15, 0.2) is 6.10 Å². The SMILES string of the molecule is CC(CCl)CCCNC(=O)C1COCCO1. The van der Waals surface area contributed by atoms with Crippen molar-refractivity contribution in [1.29, 1.82) is 0 Å². The van der Waals surface area contributed by atoms with E-state index in [0.717, 1.165) is 12.8 Å². The Hall–Kier alpha value is -0.320. The Morgan fingerprint density at radius 1 is 1.56 bits per heavy atom. The highest BCUT2D eigenvalue weighted by molar-refractivity contribution is 6.18. The molecule has 4 nitrogen and oxygen atoms in total. The molecule has 1 aliphatic rings. The van der Waals surface area contributed by atoms with E-state index in [-0.39, 0.29) is 5.91 Å². The summed E-state index contributed by atoms with van der Waals surface area (Å²) >= 11 is 5.69. The van der Waals surface area contributed by atoms with Crippen molar-refractivity contribution in [3.05, 3.63) is 0 Å². The third-order valence-corrected chi connectivity index (χ3v) is 3.07. The van der Waals surface area contributed by atoms with Gasteiger partial charge in [-0.05, 0) is 18.8 Å². The molecule has 1 fully saturated rings. The van der Waals surface area contributed by atoms with Gasteiger partial charge in [-0.2, -0.15) is 0 Å². The number of rotatable bonds is 6. The molecule has 0 radical (unpaired) electrons. The van der Waals surface area contributed by atoms with Gasteiger partial charge in [0.2, 0.25) is 0 Å². The molecule has 94 valence electrons. The highest BCUT2D eigenvalue weighted by atomic mass is 35.5. The minimum atomic E-state index is -0.431. The standard InChI is InChI=1S/C11H20ClNO3/c1-9(7-12)3-2-4-13-11(14)10-8-15-5-6-16-10/h9-10H,2-8H2,1H3,(H,13,14). The lowest BCUT2D eigenvalue weighted by molar-refractivity contribution is -0.147. The van der Waals surface area contributed by atoms with Crippen LogP contribution in [0.4, 0.5) is 0 Å². The van der Waals surface area contributed by atoms with Gasteiger partial charge >= 0.3 is 0 Å². The number of ether oxygens (including phenoxy) is 2. The van der Waals surface area contributed by atoms with Crippen LogP contribution in [-0.4, -0.2) is 44.3 Å². The second-order valence-corrected chi connectivity index (χ2v) is 4.44. The zero-order valence-corrected chi connectivity index (χ0v) is 10.5. The Morgan fingerprint density at radius 3 is 3.00 bits per heavy atom. The number of alkyl halides is 1. The van der Waals surface area contributed by atoms with E-state index in [1.165, 1.54) is 0 Å². The van der Waals surface area contributed by atoms with Gasteiger partial charge in [-0.15, -0.1) is 11.6 Å². The van der Waals surface area contributed by atoms with Gasteiger partial charge in [0, 0.05) is 12.4 Å². The van der Waals surface area contributed by atoms with E-state index in [4.69, 9.17) is 21.1 Å². The fourth-order valence-corrected chi connectivity index (χ4v) is 1.65. The summed E-state index contributed by atoms with van der Waals surface area (Å²) in [6.07, 6.45) is 1.55. The van der Waals surface area contributed by atoms with Crippen molar-refractivity contribution in [2.75, 3.05) is 32.2 Å². The van der Waals surface area contributed by atoms with Crippen molar-refractivity contribution in [2.24, 2.45) is 5.92 Å². The Balaban J connectivity index is 2.05. The lowest BCUT2D eigenvalue weighted by Crippen LogP contribution is -2.43. The summed E-state index contributed by atoms with van der Waals surface area (Å²) in [5, 5.41) is 2.84. The summed E-state index contributed by atoms with van der Waals surface area (Å²) in [7, 11) is 0. The van der Waals surface area contributed by atoms with Crippen LogP contribution in [0.3, 0.4) is 0 Å². The lowest BCUT2D eigenvalue weighted by atomic mass is 10.1. The van der Waals surface area contributed by atoms with E-state index in [9.17, 15) is 4.79 Å². The van der Waals surface area contributed by atoms with Crippen LogP contribution in [0.25, 0.3) is 0 Å². The number of hydrogen-bond acceptors (Lipinski definition) is 3. The molecule has 2 atom stereocenters. The quantitative estimate of drug-likeness (QED) is 0.568. The molecule has 1 heterocycles. The van der Waals surface area contributed by atoms with Crippen molar-refractivity contribution in [3.8, 4) is 0 Å². The Morgan fingerprint density at radius 2 is 2.38 bits per heavy atom. The first-order valence-electron chi connectivity index (χ1n) is 5.77. The molecule has 0 aromatic rings. The summed E-state index contributed by atoms with van der Waals surface area (Å²) in [5.74, 6) is 1.11. The first-order chi connectivity index (χ1) is 7.74. The molecular formula is C11H20ClNO3. The van der Waals surface area contributed by atoms with Gasteiger partial charge in [-0.3, -0.25) is 4.79 Å². The van der Waals surface area contributed by atoms with Crippen LogP contribution < -0.4 is 5.32 Å². The zero-order chi connectivity index (χ0) is 11.8. The van der Waals surface area contributed by atoms with Crippen molar-refractivity contribution < 1.29 is 14.3 Å². The Labute approximate surface area is 102 Å². The van der Waals surface area contributed by atoms with Crippen LogP contribution in [-0.2, 0) is 14.3 Å². The average Bonchev–Trinajstić information content (AvgIpc) is 2.35. The molecule has 16 heavy (non-hydrogen) atoms. The fraction of sp³-hybridized carbons (Fsp3) is 0.909. The Kier molecular flexibility index (Phi) is 6.76. The number of hydrogen-bond donors (Lipinski definition) is 1. The third kappa shape index (κ3) is 5.14. The highest BCUT2D eigenvalue weighted by Crippen LogP contribution is 2.06. The number of halogens is 1. The maximum atomic E-state index is 11.6. The van der Waals surface area contributed by atoms with Crippen molar-refractivity contribution in [1.82, 2.24) is 5.32 Å². The van der Waals surface area contributed by atoms with Gasteiger partial charge in [0.1, 0.15) is 0 Å². The minimum Gasteiger partial charge on any atom is -0.376 e. The number of nitrogens with one attached hydrogen (secondary N) is 1. The second-order valence-electron chi connectivity index (χ2n) is 4.13. The molecule has 1 aliphatic heterocycles. The normalized spacial score (nSPS) is 22.8. The van der Waals surface area contributed by atoms with E-state index >= 15 is 0 Å². The summed E-state index contributed by atoms with van der Waals surface area (Å²) in [6.45, 7) is 4.23. The van der Waals surface area contributed by atoms with Crippen LogP contribution >= 0.6 is 11.6 Å². The first kappa shape index (κ1) is 13.7. The molecular weight excluding hydrogens is 230 g/mol. The van der Waals surface area contributed by atoms with E-state index in [1.54, 1.807) is 0 Å². The van der Waals surface area contributed by atoms with Gasteiger partial charge in [0.25, 0.3) is 5.91 Å². The van der Waals surface area contributed by atoms with E-state index in [2.05, 4.69) is 12.2 Å². The van der Waals surface area contributed by atoms with Crippen LogP contribution in [0.1, 0.15) is 19.8 Å². The molecule has 0 aliphatic carbocycles. The van der Waals surface area contributed by atoms with Crippen molar-refractivity contribution in [3.63, 3.8) is 0 Å². The predicted octanol–water partition coefficient (Wildman–Crippen LogP) is 1.17. The summed E-state index contributed by atoms with van der Waals surface area (Å²) in [5.41, 5.74) is 0. The summed E-state index contributed by atoms with van der Waals surface area (Å²) in [4.78, 5) is 11.6. The molecule has 0 saturated carbocycles. The van der Waals surface area contributed by atoms with Crippen LogP contribution in [0.5, 0.6) is 0 Å². The minimum absolute atomic E-state index is 0.0711. The van der Waals surface area contributed by atoms with Gasteiger partial charge in [0.05, 0.1) is 19.8 Å². The summed E-state index contributed by atoms with van der Waals surface area (Å²) in [6, 6.07) is 0. The molecule has 2 unspecified atom stereocenters. The Bertz CT molecular complexity index is 207. The van der Waals surface area contributed by atoms with Crippen LogP contribution in [0.2, 0.25) is 0 Å². The third-order valence-electron chi connectivity index (χ3n) is 2.54. The number of carbonyl (C=O) groups is 1. The second kappa shape index (κ2) is 7.87. The van der Waals surface area contributed by atoms with Gasteiger partial charge < -0.3 is 14.8 Å². The molecule has 1 saturated heterocycles. The average molecular weight is 250 g/mol. The molecule has 1 N–H and O–H groups in total. The molecule has 1 amide bonds. The van der Waals surface area contributed by atoms with E-state index < -0.39 is 6.10 Å². The summed E-state index contributed by atoms with van der Waals surface area (Å²) < 4.78 is 10.4. The van der Waals surface area contributed by atoms with Crippen molar-refractivity contribution >= 4 is 17.5 Å². The zero-order valence-electron chi connectivity index (χ0n) is 9.71. The van der Waals surface area contributed by atoms with Crippen LogP contribution in [0, 0.1) is 5.92 Å². The fourth-order valence-electron chi connectivity index (χ4n) is 1.49. The van der Waals surface area contributed by atoms with E-state index in [0.29, 0.717) is 38.2 Å². The smallest absolute Gasteiger partial charge is 0.251 e. The molecule has 0 aromatic carbocycles. The largest absolute Gasteiger partial charge is 0.376 e. The van der Waals surface area contributed by atoms with Crippen molar-refractivity contribution in [2.45, 2.75) is 25.9 Å². The topological polar surface area (TPSA) is 47.6 Å². The lowest BCUT2D eigenvalue weighted by Gasteiger charge is -2.22. The van der Waals surface area contributed by atoms with Gasteiger partial charge in [-0.25, -0.2) is 0 Å². The molecule has 1 rings (SSSR count). The monoisotopic (exact) mass is 249 g/mol. The predicted molar refractivity (Wildman–Crippen MR) is 62.7 cm³/mol. The first-order valence-corrected chi connectivity index (χ1v) is 6.30. The maximum absolute atomic E-state index is 11.6. The van der Waals surface area contributed by atoms with Gasteiger partial charge in [-0.1, -0.05) is 6.92 Å². The molecule has 5 heteroatoms. The highest BCUT2D eigenvalue weighted by Gasteiger charge is 2.21. The van der Waals surface area contributed by atoms with E-state index in [1.807, 2.05) is 0 Å². The maximum Gasteiger partial charge on any atom is 0.251 e. The number of carbonyl (C=O) groups excluding carboxylic acids is 1. The molecule has 0 spiro atoms. The molecule has 0 aromatic heterocycles. The molecule has 0 bridgehead atoms.